The van der Waals surface area contributed by atoms with Crippen molar-refractivity contribution in [1.82, 2.24) is 21.3 Å². The van der Waals surface area contributed by atoms with Gasteiger partial charge in [-0.2, -0.15) is 0 Å². The summed E-state index contributed by atoms with van der Waals surface area (Å²) in [6.07, 6.45) is -17.1. The van der Waals surface area contributed by atoms with Crippen LogP contribution < -0.4 is 21.3 Å². The number of nitrogens with zero attached hydrogens (tertiary/aromatic N) is 3. The summed E-state index contributed by atoms with van der Waals surface area (Å²) in [5.74, 6) is -0.795. The second kappa shape index (κ2) is 32.1. The highest BCUT2D eigenvalue weighted by Crippen LogP contribution is 2.41. The van der Waals surface area contributed by atoms with E-state index in [2.05, 4.69) is 31.3 Å². The number of azide groups is 1. The molecule has 472 valence electrons. The first-order valence-electron chi connectivity index (χ1n) is 29.5. The Balaban J connectivity index is 1.09. The van der Waals surface area contributed by atoms with Gasteiger partial charge in [0.1, 0.15) is 61.5 Å². The van der Waals surface area contributed by atoms with E-state index in [1.165, 1.54) is 13.8 Å². The smallest absolute Gasteiger partial charge is 0.407 e. The quantitative estimate of drug-likeness (QED) is 0.0155. The van der Waals surface area contributed by atoms with Crippen LogP contribution in [0, 0.1) is 0 Å². The minimum absolute atomic E-state index is 0.00636. The van der Waals surface area contributed by atoms with Gasteiger partial charge in [-0.3, -0.25) is 4.79 Å². The molecule has 7 N–H and O–H groups in total. The van der Waals surface area contributed by atoms with E-state index in [0.717, 1.165) is 22.3 Å². The van der Waals surface area contributed by atoms with Crippen LogP contribution in [0.3, 0.4) is 0 Å². The Bertz CT molecular complexity index is 3180. The third-order valence-electron chi connectivity index (χ3n) is 15.6. The number of hydrogen-bond donors (Lipinski definition) is 7. The van der Waals surface area contributed by atoms with Crippen molar-refractivity contribution < 1.29 is 77.1 Å². The molecule has 3 amide bonds. The summed E-state index contributed by atoms with van der Waals surface area (Å²) in [7, 11) is 1.54. The summed E-state index contributed by atoms with van der Waals surface area (Å²) >= 11 is 0. The molecule has 15 atom stereocenters. The van der Waals surface area contributed by atoms with Gasteiger partial charge < -0.3 is 84.0 Å². The molecular weight excluding hydrogens is 1150 g/mol. The minimum atomic E-state index is -1.94. The number of aliphatic hydroxyl groups excluding tert-OH is 2. The number of alkyl carbamates (subject to hydrolysis) is 2. The van der Waals surface area contributed by atoms with E-state index in [0.29, 0.717) is 11.1 Å². The Kier molecular flexibility index (Phi) is 23.6. The van der Waals surface area contributed by atoms with Gasteiger partial charge in [-0.05, 0) is 66.2 Å². The van der Waals surface area contributed by atoms with Crippen molar-refractivity contribution in [2.45, 2.75) is 151 Å². The average Bonchev–Trinajstić information content (AvgIpc) is 0.810. The van der Waals surface area contributed by atoms with E-state index >= 15 is 4.79 Å². The minimum Gasteiger partial charge on any atom is -0.445 e. The number of rotatable bonds is 27. The van der Waals surface area contributed by atoms with Crippen LogP contribution >= 0.6 is 0 Å². The molecule has 6 aromatic carbocycles. The summed E-state index contributed by atoms with van der Waals surface area (Å²) < 4.78 is 64.5. The van der Waals surface area contributed by atoms with Gasteiger partial charge in [-0.1, -0.05) is 187 Å². The third-order valence-corrected chi connectivity index (χ3v) is 15.6. The molecule has 0 radical (unpaired) electrons. The van der Waals surface area contributed by atoms with Crippen LogP contribution in [-0.2, 0) is 91.8 Å². The number of ether oxygens (including phenoxy) is 10. The number of carbonyl (C=O) groups excluding carboxylic acids is 3. The molecule has 3 fully saturated rings. The summed E-state index contributed by atoms with van der Waals surface area (Å²) in [5.41, 5.74) is 11.2. The van der Waals surface area contributed by atoms with E-state index in [-0.39, 0.29) is 52.7 Å². The van der Waals surface area contributed by atoms with Crippen molar-refractivity contribution in [1.29, 1.82) is 0 Å². The van der Waals surface area contributed by atoms with Crippen LogP contribution in [0.25, 0.3) is 10.4 Å². The highest BCUT2D eigenvalue weighted by Gasteiger charge is 2.58. The lowest BCUT2D eigenvalue weighted by Gasteiger charge is -2.52. The van der Waals surface area contributed by atoms with E-state index in [1.807, 2.05) is 109 Å². The predicted octanol–water partition coefficient (Wildman–Crippen LogP) is 7.01. The molecule has 89 heavy (non-hydrogen) atoms. The Labute approximate surface area is 516 Å². The number of nitrogens with one attached hydrogen (secondary N) is 4. The van der Waals surface area contributed by atoms with Crippen molar-refractivity contribution in [3.05, 3.63) is 226 Å². The molecule has 2 heterocycles. The number of aliphatic hydroxyl groups is 3. The second-order valence-corrected chi connectivity index (χ2v) is 22.3. The Morgan fingerprint density at radius 3 is 1.52 bits per heavy atom. The fourth-order valence-corrected chi connectivity index (χ4v) is 11.0. The highest BCUT2D eigenvalue weighted by atomic mass is 16.7. The molecule has 9 rings (SSSR count). The Hall–Kier alpha value is -7.84. The van der Waals surface area contributed by atoms with Gasteiger partial charge in [0.25, 0.3) is 5.91 Å². The SMILES string of the molecule is CN[C@@H]1[C@@H](O)[C@@H](O[C@@H]2[C@@H](O)[C@H](O[C@H]3O[C@@](C)(N=[N+]=[N-])[C@@H](OCc4ccccc4)[C@H](OCc4ccccc4)[C@H]3OCc3ccccc3)[C@@H](NC(=O)OCc3ccccc3)C[C@H]2NC(=O)[C@H](CNC(=O)OCc2ccccc2)OCc2ccccc2)OC[C@]1(C)O. The second-order valence-electron chi connectivity index (χ2n) is 22.3. The molecule has 23 heteroatoms. The number of amides is 3. The summed E-state index contributed by atoms with van der Waals surface area (Å²) in [5, 5.41) is 52.1. The standard InChI is InChI=1S/C66H77N7O16/c1-65(79)42-86-61(53(75)58(65)68-3)87-54-49(70-60(76)51(80-36-43-22-10-4-11-23-43)35-69-63(77)84-40-47-30-18-8-19-31-47)34-50(71-64(78)85-41-48-32-20-9-21-33-48)55(52(54)74)88-62-57(82-38-45-26-14-6-15-27-45)56(81-37-44-24-12-5-13-25-44)59(66(2,89-62)72-73-67)83-39-46-28-16-7-17-29-46/h4-33,49-59,61-62,68,74-75,79H,34-42H2,1-3H3,(H,69,77)(H,70,76)(H,71,78)/t49-,50+,51+,52-,53-,54+,55-,56-,57-,58-,59+,61-,62+,65+,66-/m1/s1. The molecule has 2 aliphatic heterocycles. The maximum atomic E-state index is 15.0. The zero-order chi connectivity index (χ0) is 62.6. The van der Waals surface area contributed by atoms with Crippen LogP contribution in [0.4, 0.5) is 9.59 Å². The third kappa shape index (κ3) is 18.2. The topological polar surface area (TPSA) is 301 Å². The zero-order valence-corrected chi connectivity index (χ0v) is 49.7. The van der Waals surface area contributed by atoms with Gasteiger partial charge in [0.2, 0.25) is 0 Å². The zero-order valence-electron chi connectivity index (χ0n) is 49.7. The molecular formula is C66H77N7O16. The van der Waals surface area contributed by atoms with Crippen LogP contribution in [-0.4, -0.2) is 144 Å². The van der Waals surface area contributed by atoms with Crippen LogP contribution in [0.15, 0.2) is 187 Å². The molecule has 23 nitrogen and oxygen atoms in total. The van der Waals surface area contributed by atoms with Crippen molar-refractivity contribution in [3.63, 3.8) is 0 Å². The number of carbonyl (C=O) groups is 3. The molecule has 1 saturated carbocycles. The van der Waals surface area contributed by atoms with Crippen LogP contribution in [0.1, 0.15) is 53.6 Å². The van der Waals surface area contributed by atoms with Crippen molar-refractivity contribution in [2.24, 2.45) is 5.11 Å². The van der Waals surface area contributed by atoms with Crippen LogP contribution in [0.2, 0.25) is 0 Å². The highest BCUT2D eigenvalue weighted by molar-refractivity contribution is 5.82. The van der Waals surface area contributed by atoms with Gasteiger partial charge in [0.15, 0.2) is 24.4 Å². The molecule has 0 unspecified atom stereocenters. The van der Waals surface area contributed by atoms with E-state index in [4.69, 9.17) is 47.4 Å². The predicted molar refractivity (Wildman–Crippen MR) is 322 cm³/mol. The molecule has 0 spiro atoms. The lowest BCUT2D eigenvalue weighted by molar-refractivity contribution is -0.367. The maximum absolute atomic E-state index is 15.0. The van der Waals surface area contributed by atoms with E-state index in [1.54, 1.807) is 79.8 Å². The van der Waals surface area contributed by atoms with E-state index < -0.39 is 116 Å². The first-order chi connectivity index (χ1) is 43.2. The normalized spacial score (nSPS) is 27.8. The Morgan fingerprint density at radius 1 is 0.584 bits per heavy atom. The van der Waals surface area contributed by atoms with Gasteiger partial charge in [0.05, 0.1) is 57.7 Å². The van der Waals surface area contributed by atoms with E-state index in [9.17, 15) is 30.4 Å². The maximum Gasteiger partial charge on any atom is 0.407 e. The van der Waals surface area contributed by atoms with Gasteiger partial charge in [0, 0.05) is 4.91 Å². The van der Waals surface area contributed by atoms with Crippen molar-refractivity contribution >= 4 is 18.1 Å². The number of likely N-dealkylation sites (N-methyl/N-ethyl adjacent to an activating group) is 1. The fourth-order valence-electron chi connectivity index (χ4n) is 11.0. The monoisotopic (exact) mass is 1220 g/mol. The summed E-state index contributed by atoms with van der Waals surface area (Å²) in [6.45, 7) is 1.94. The molecule has 0 bridgehead atoms. The lowest BCUT2D eigenvalue weighted by atomic mass is 9.82. The molecule has 2 saturated heterocycles. The average molecular weight is 1220 g/mol. The molecule has 1 aliphatic carbocycles. The van der Waals surface area contributed by atoms with Gasteiger partial charge in [-0.25, -0.2) is 9.59 Å². The molecule has 0 aromatic heterocycles. The number of benzene rings is 6. The van der Waals surface area contributed by atoms with Gasteiger partial charge in [-0.15, -0.1) is 0 Å². The molecule has 6 aromatic rings. The fraction of sp³-hybridized carbons (Fsp3) is 0.409. The van der Waals surface area contributed by atoms with Crippen molar-refractivity contribution in [2.75, 3.05) is 20.2 Å². The number of hydrogen-bond acceptors (Lipinski definition) is 18. The van der Waals surface area contributed by atoms with Gasteiger partial charge >= 0.3 is 12.2 Å². The first-order valence-corrected chi connectivity index (χ1v) is 29.5. The first kappa shape index (κ1) is 65.6. The Morgan fingerprint density at radius 2 is 1.02 bits per heavy atom. The summed E-state index contributed by atoms with van der Waals surface area (Å²) in [4.78, 5) is 45.7. The molecule has 3 aliphatic rings. The van der Waals surface area contributed by atoms with Crippen molar-refractivity contribution in [3.8, 4) is 0 Å². The lowest BCUT2D eigenvalue weighted by Crippen LogP contribution is -2.71. The van der Waals surface area contributed by atoms with Crippen LogP contribution in [0.5, 0.6) is 0 Å². The largest absolute Gasteiger partial charge is 0.445 e. The summed E-state index contributed by atoms with van der Waals surface area (Å²) in [6, 6.07) is 51.3.